The van der Waals surface area contributed by atoms with Crippen molar-refractivity contribution in [2.75, 3.05) is 0 Å². The van der Waals surface area contributed by atoms with Gasteiger partial charge in [-0.15, -0.1) is 0 Å². The van der Waals surface area contributed by atoms with E-state index in [1.807, 2.05) is 0 Å². The zero-order valence-electron chi connectivity index (χ0n) is 15.4. The third-order valence-corrected chi connectivity index (χ3v) is 12.0. The van der Waals surface area contributed by atoms with Gasteiger partial charge in [-0.1, -0.05) is 30.3 Å². The van der Waals surface area contributed by atoms with E-state index in [2.05, 4.69) is 91.0 Å². The third-order valence-electron chi connectivity index (χ3n) is 4.20. The first-order valence-corrected chi connectivity index (χ1v) is 13.3. The summed E-state index contributed by atoms with van der Waals surface area (Å²) in [5.74, 6) is -1.13. The second-order valence-corrected chi connectivity index (χ2v) is 13.2. The maximum atomic E-state index is 10.1. The number of carboxylic acids is 1. The summed E-state index contributed by atoms with van der Waals surface area (Å²) in [6.45, 7) is 0. The molecule has 0 N–H and O–H groups in total. The van der Waals surface area contributed by atoms with Crippen molar-refractivity contribution in [1.82, 2.24) is 0 Å². The number of hydrogen-bond donors (Lipinski definition) is 0. The maximum absolute atomic E-state index is 10.1. The molecular formula is C25H20O2Sn. The summed E-state index contributed by atoms with van der Waals surface area (Å²) in [6, 6.07) is 41.0. The van der Waals surface area contributed by atoms with Gasteiger partial charge in [0.05, 0.1) is 5.97 Å². The van der Waals surface area contributed by atoms with Gasteiger partial charge in [-0.25, -0.2) is 0 Å². The number of benzene rings is 4. The van der Waals surface area contributed by atoms with Crippen LogP contribution >= 0.6 is 0 Å². The number of hydrogen-bond acceptors (Lipinski definition) is 2. The van der Waals surface area contributed by atoms with Gasteiger partial charge in [0.1, 0.15) is 0 Å². The molecule has 4 rings (SSSR count). The van der Waals surface area contributed by atoms with E-state index in [0.717, 1.165) is 0 Å². The van der Waals surface area contributed by atoms with Gasteiger partial charge in [-0.2, -0.15) is 0 Å². The van der Waals surface area contributed by atoms with E-state index in [4.69, 9.17) is 0 Å². The molecule has 136 valence electrons. The van der Waals surface area contributed by atoms with Crippen LogP contribution in [0.4, 0.5) is 0 Å². The van der Waals surface area contributed by atoms with Crippen molar-refractivity contribution in [2.45, 2.75) is 0 Å². The molecule has 0 spiro atoms. The fraction of sp³-hybridized carbons (Fsp3) is 0. The fourth-order valence-electron chi connectivity index (χ4n) is 2.89. The molecule has 0 aliphatic rings. The molecular weight excluding hydrogens is 451 g/mol. The SMILES string of the molecule is O=C([O-])c1ccccc1.c1cc[c]([Sn+]([c]2ccccc2)[c]2ccccc2)cc1. The Morgan fingerprint density at radius 2 is 0.786 bits per heavy atom. The quantitative estimate of drug-likeness (QED) is 0.429. The predicted octanol–water partition coefficient (Wildman–Crippen LogP) is 2.25. The van der Waals surface area contributed by atoms with Gasteiger partial charge < -0.3 is 9.90 Å². The third kappa shape index (κ3) is 5.57. The second-order valence-electron chi connectivity index (χ2n) is 6.13. The van der Waals surface area contributed by atoms with E-state index < -0.39 is 25.7 Å². The molecule has 2 nitrogen and oxygen atoms in total. The Bertz CT molecular complexity index is 878. The number of carboxylic acid groups (broad SMARTS) is 1. The van der Waals surface area contributed by atoms with Crippen LogP contribution in [0, 0.1) is 0 Å². The van der Waals surface area contributed by atoms with Gasteiger partial charge >= 0.3 is 121 Å². The van der Waals surface area contributed by atoms with Crippen LogP contribution in [0.25, 0.3) is 0 Å². The first-order valence-electron chi connectivity index (χ1n) is 9.05. The molecule has 0 unspecified atom stereocenters. The van der Waals surface area contributed by atoms with Crippen LogP contribution in [0.2, 0.25) is 0 Å². The van der Waals surface area contributed by atoms with Crippen LogP contribution in [-0.2, 0) is 0 Å². The Kier molecular flexibility index (Phi) is 7.44. The molecule has 0 aromatic heterocycles. The molecule has 0 aliphatic carbocycles. The molecule has 4 aromatic rings. The summed E-state index contributed by atoms with van der Waals surface area (Å²) in [5, 5.41) is 10.1. The van der Waals surface area contributed by atoms with E-state index >= 15 is 0 Å². The molecule has 0 bridgehead atoms. The Labute approximate surface area is 172 Å². The average Bonchev–Trinajstić information content (AvgIpc) is 2.77. The molecule has 4 aromatic carbocycles. The number of carbonyl (C=O) groups excluding carboxylic acids is 1. The van der Waals surface area contributed by atoms with Crippen molar-refractivity contribution in [2.24, 2.45) is 0 Å². The van der Waals surface area contributed by atoms with Crippen molar-refractivity contribution < 1.29 is 9.90 Å². The van der Waals surface area contributed by atoms with Crippen molar-refractivity contribution in [1.29, 1.82) is 0 Å². The Hall–Kier alpha value is -2.85. The number of rotatable bonds is 4. The molecule has 3 heteroatoms. The summed E-state index contributed by atoms with van der Waals surface area (Å²) in [6.07, 6.45) is 0. The molecule has 0 aliphatic heterocycles. The molecule has 0 atom stereocenters. The van der Waals surface area contributed by atoms with Crippen LogP contribution in [0.3, 0.4) is 0 Å². The summed E-state index contributed by atoms with van der Waals surface area (Å²) >= 11 is -1.98. The van der Waals surface area contributed by atoms with Crippen molar-refractivity contribution in [3.8, 4) is 0 Å². The normalized spacial score (nSPS) is 9.71. The average molecular weight is 471 g/mol. The number of carbonyl (C=O) groups is 1. The molecule has 0 saturated carbocycles. The van der Waals surface area contributed by atoms with Crippen molar-refractivity contribution in [3.63, 3.8) is 0 Å². The molecule has 0 saturated heterocycles. The van der Waals surface area contributed by atoms with Crippen LogP contribution in [0.15, 0.2) is 121 Å². The van der Waals surface area contributed by atoms with Gasteiger partial charge in [0.2, 0.25) is 0 Å². The van der Waals surface area contributed by atoms with Crippen molar-refractivity contribution >= 4 is 36.5 Å². The van der Waals surface area contributed by atoms with Gasteiger partial charge in [0.25, 0.3) is 0 Å². The summed E-state index contributed by atoms with van der Waals surface area (Å²) in [5.41, 5.74) is 0.220. The van der Waals surface area contributed by atoms with Crippen LogP contribution in [0.5, 0.6) is 0 Å². The Morgan fingerprint density at radius 1 is 0.500 bits per heavy atom. The van der Waals surface area contributed by atoms with Gasteiger partial charge in [-0.3, -0.25) is 0 Å². The zero-order chi connectivity index (χ0) is 19.6. The standard InChI is InChI=1S/C7H6O2.3C6H5.Sn/c8-7(9)6-4-2-1-3-5-6;3*1-2-4-6-5-3-1;/h1-5H,(H,8,9);3*1-5H;/q;;;;+1/p-1. The Balaban J connectivity index is 0.000000211. The first kappa shape index (κ1) is 19.9. The molecule has 0 heterocycles. The topological polar surface area (TPSA) is 40.1 Å². The van der Waals surface area contributed by atoms with Gasteiger partial charge in [0, 0.05) is 0 Å². The molecule has 0 fully saturated rings. The van der Waals surface area contributed by atoms with E-state index in [1.165, 1.54) is 22.9 Å². The Morgan fingerprint density at radius 3 is 1.04 bits per heavy atom. The zero-order valence-corrected chi connectivity index (χ0v) is 18.2. The minimum atomic E-state index is -1.98. The molecule has 0 radical (unpaired) electrons. The van der Waals surface area contributed by atoms with Gasteiger partial charge in [0.15, 0.2) is 0 Å². The second kappa shape index (κ2) is 10.5. The summed E-state index contributed by atoms with van der Waals surface area (Å²) in [4.78, 5) is 10.1. The van der Waals surface area contributed by atoms with E-state index in [9.17, 15) is 9.90 Å². The van der Waals surface area contributed by atoms with Crippen molar-refractivity contribution in [3.05, 3.63) is 127 Å². The molecule has 28 heavy (non-hydrogen) atoms. The van der Waals surface area contributed by atoms with E-state index in [-0.39, 0.29) is 5.56 Å². The molecule has 0 amide bonds. The van der Waals surface area contributed by atoms with Gasteiger partial charge in [-0.05, 0) is 5.56 Å². The monoisotopic (exact) mass is 472 g/mol. The first-order chi connectivity index (χ1) is 13.8. The fourth-order valence-corrected chi connectivity index (χ4v) is 10.2. The van der Waals surface area contributed by atoms with E-state index in [0.29, 0.717) is 0 Å². The van der Waals surface area contributed by atoms with Crippen LogP contribution in [-0.4, -0.2) is 25.7 Å². The van der Waals surface area contributed by atoms with Crippen LogP contribution < -0.4 is 15.8 Å². The minimum absolute atomic E-state index is 0.220. The number of aromatic carboxylic acids is 1. The summed E-state index contributed by atoms with van der Waals surface area (Å²) < 4.78 is 4.59. The van der Waals surface area contributed by atoms with E-state index in [1.54, 1.807) is 18.2 Å². The summed E-state index contributed by atoms with van der Waals surface area (Å²) in [7, 11) is 0. The van der Waals surface area contributed by atoms with Crippen LogP contribution in [0.1, 0.15) is 10.4 Å². The predicted molar refractivity (Wildman–Crippen MR) is 115 cm³/mol.